The van der Waals surface area contributed by atoms with E-state index in [1.54, 1.807) is 37.3 Å². The monoisotopic (exact) mass is 510 g/mol. The van der Waals surface area contributed by atoms with Gasteiger partial charge in [0, 0.05) is 21.5 Å². The second kappa shape index (κ2) is 8.32. The zero-order valence-electron chi connectivity index (χ0n) is 16.5. The highest BCUT2D eigenvalue weighted by atomic mass is 35.5. The molecule has 1 heterocycles. The Labute approximate surface area is 195 Å². The van der Waals surface area contributed by atoms with Gasteiger partial charge in [0.1, 0.15) is 5.58 Å². The minimum absolute atomic E-state index is 0.0224. The molecule has 11 heteroatoms. The molecule has 0 saturated carbocycles. The van der Waals surface area contributed by atoms with E-state index in [2.05, 4.69) is 9.44 Å². The maximum atomic E-state index is 12.9. The Balaban J connectivity index is 1.69. The highest BCUT2D eigenvalue weighted by Gasteiger charge is 2.23. The van der Waals surface area contributed by atoms with Gasteiger partial charge in [-0.2, -0.15) is 8.42 Å². The number of rotatable bonds is 6. The van der Waals surface area contributed by atoms with E-state index < -0.39 is 20.0 Å². The fourth-order valence-electron chi connectivity index (χ4n) is 2.92. The summed E-state index contributed by atoms with van der Waals surface area (Å²) in [6.07, 6.45) is 0. The molecule has 0 radical (unpaired) electrons. The molecule has 2 N–H and O–H groups in total. The zero-order chi connectivity index (χ0) is 23.1. The molecule has 0 aliphatic carbocycles. The van der Waals surface area contributed by atoms with Crippen LogP contribution in [0.15, 0.2) is 81.1 Å². The number of para-hydroxylation sites is 1. The number of aryl methyl sites for hydroxylation is 1. The van der Waals surface area contributed by atoms with Crippen LogP contribution in [-0.4, -0.2) is 16.8 Å². The van der Waals surface area contributed by atoms with E-state index in [4.69, 9.17) is 27.6 Å². The molecule has 0 spiro atoms. The molecule has 0 fully saturated rings. The van der Waals surface area contributed by atoms with Crippen LogP contribution in [0.25, 0.3) is 11.0 Å². The first-order valence-corrected chi connectivity index (χ1v) is 12.9. The molecule has 0 atom stereocenters. The van der Waals surface area contributed by atoms with E-state index in [1.165, 1.54) is 36.4 Å². The van der Waals surface area contributed by atoms with Gasteiger partial charge in [0.15, 0.2) is 0 Å². The number of halogens is 2. The number of sulfonamides is 2. The average Bonchev–Trinajstić information content (AvgIpc) is 3.17. The van der Waals surface area contributed by atoms with Crippen LogP contribution in [0.4, 0.5) is 11.4 Å². The third-order valence-electron chi connectivity index (χ3n) is 4.59. The number of benzene rings is 3. The van der Waals surface area contributed by atoms with Gasteiger partial charge in [-0.15, -0.1) is 0 Å². The van der Waals surface area contributed by atoms with Crippen LogP contribution >= 0.6 is 23.2 Å². The Hall–Kier alpha value is -2.72. The molecule has 32 heavy (non-hydrogen) atoms. The molecule has 0 aliphatic heterocycles. The summed E-state index contributed by atoms with van der Waals surface area (Å²) < 4.78 is 61.7. The van der Waals surface area contributed by atoms with Crippen molar-refractivity contribution in [2.45, 2.75) is 16.9 Å². The Bertz CT molecular complexity index is 1510. The van der Waals surface area contributed by atoms with Crippen LogP contribution in [0, 0.1) is 6.92 Å². The van der Waals surface area contributed by atoms with Crippen molar-refractivity contribution in [1.29, 1.82) is 0 Å². The fourth-order valence-corrected chi connectivity index (χ4v) is 5.48. The van der Waals surface area contributed by atoms with E-state index in [-0.39, 0.29) is 31.4 Å². The van der Waals surface area contributed by atoms with Crippen LogP contribution < -0.4 is 9.44 Å². The second-order valence-corrected chi connectivity index (χ2v) is 11.1. The van der Waals surface area contributed by atoms with Gasteiger partial charge in [0.2, 0.25) is 5.09 Å². The van der Waals surface area contributed by atoms with Gasteiger partial charge in [0.25, 0.3) is 20.0 Å². The summed E-state index contributed by atoms with van der Waals surface area (Å²) in [7, 11) is -8.24. The molecule has 0 saturated heterocycles. The summed E-state index contributed by atoms with van der Waals surface area (Å²) in [4.78, 5) is -0.0749. The van der Waals surface area contributed by atoms with Crippen molar-refractivity contribution in [1.82, 2.24) is 0 Å². The topological polar surface area (TPSA) is 105 Å². The van der Waals surface area contributed by atoms with Crippen molar-refractivity contribution in [3.63, 3.8) is 0 Å². The lowest BCUT2D eigenvalue weighted by Gasteiger charge is -2.14. The first kappa shape index (κ1) is 22.5. The SMILES string of the molecule is Cc1ccc(S(=O)(=O)Nc2ccc(Cl)cc2NS(=O)(=O)c2cc3ccccc3o2)cc1Cl. The fraction of sp³-hybridized carbons (Fsp3) is 0.0476. The average molecular weight is 511 g/mol. The van der Waals surface area contributed by atoms with Crippen LogP contribution in [0.3, 0.4) is 0 Å². The molecule has 3 aromatic carbocycles. The van der Waals surface area contributed by atoms with E-state index in [9.17, 15) is 16.8 Å². The van der Waals surface area contributed by atoms with Crippen molar-refractivity contribution >= 4 is 65.6 Å². The molecule has 1 aromatic heterocycles. The van der Waals surface area contributed by atoms with Gasteiger partial charge < -0.3 is 4.42 Å². The first-order valence-electron chi connectivity index (χ1n) is 9.15. The molecular formula is C21H16Cl2N2O5S2. The van der Waals surface area contributed by atoms with Gasteiger partial charge in [-0.3, -0.25) is 9.44 Å². The zero-order valence-corrected chi connectivity index (χ0v) is 19.6. The summed E-state index contributed by atoms with van der Waals surface area (Å²) >= 11 is 12.1. The van der Waals surface area contributed by atoms with Crippen LogP contribution in [-0.2, 0) is 20.0 Å². The molecule has 0 unspecified atom stereocenters. The standard InChI is InChI=1S/C21H16Cl2N2O5S2/c1-13-6-8-16(12-17(13)23)31(26,27)24-18-9-7-15(22)11-19(18)25-32(28,29)21-10-14-4-2-3-5-20(14)30-21/h2-12,24-25H,1H3. The van der Waals surface area contributed by atoms with Gasteiger partial charge in [-0.05, 0) is 48.9 Å². The van der Waals surface area contributed by atoms with Crippen molar-refractivity contribution < 1.29 is 21.3 Å². The van der Waals surface area contributed by atoms with Gasteiger partial charge in [-0.25, -0.2) is 8.42 Å². The Kier molecular flexibility index (Phi) is 5.85. The van der Waals surface area contributed by atoms with E-state index in [1.807, 2.05) is 0 Å². The number of anilines is 2. The Morgan fingerprint density at radius 3 is 2.22 bits per heavy atom. The predicted molar refractivity (Wildman–Crippen MR) is 125 cm³/mol. The van der Waals surface area contributed by atoms with Crippen molar-refractivity contribution in [2.75, 3.05) is 9.44 Å². The number of hydrogen-bond donors (Lipinski definition) is 2. The molecule has 4 rings (SSSR count). The molecular weight excluding hydrogens is 495 g/mol. The van der Waals surface area contributed by atoms with Gasteiger partial charge >= 0.3 is 0 Å². The Morgan fingerprint density at radius 1 is 0.781 bits per heavy atom. The minimum atomic E-state index is -4.18. The van der Waals surface area contributed by atoms with Crippen LogP contribution in [0.2, 0.25) is 10.0 Å². The van der Waals surface area contributed by atoms with Crippen molar-refractivity contribution in [3.05, 3.63) is 82.3 Å². The second-order valence-electron chi connectivity index (χ2n) is 6.92. The summed E-state index contributed by atoms with van der Waals surface area (Å²) in [5, 5.41) is 0.775. The van der Waals surface area contributed by atoms with E-state index in [0.717, 1.165) is 5.56 Å². The number of nitrogens with one attached hydrogen (secondary N) is 2. The number of hydrogen-bond acceptors (Lipinski definition) is 5. The molecule has 0 aliphatic rings. The quantitative estimate of drug-likeness (QED) is 0.348. The lowest BCUT2D eigenvalue weighted by Crippen LogP contribution is -2.17. The normalized spacial score (nSPS) is 12.1. The smallest absolute Gasteiger partial charge is 0.295 e. The third kappa shape index (κ3) is 4.56. The predicted octanol–water partition coefficient (Wildman–Crippen LogP) is 5.65. The Morgan fingerprint density at radius 2 is 1.50 bits per heavy atom. The van der Waals surface area contributed by atoms with Crippen molar-refractivity contribution in [3.8, 4) is 0 Å². The minimum Gasteiger partial charge on any atom is -0.443 e. The van der Waals surface area contributed by atoms with E-state index in [0.29, 0.717) is 11.0 Å². The molecule has 166 valence electrons. The summed E-state index contributed by atoms with van der Waals surface area (Å²) in [6.45, 7) is 1.75. The third-order valence-corrected chi connectivity index (χ3v) is 7.82. The van der Waals surface area contributed by atoms with Crippen LogP contribution in [0.5, 0.6) is 0 Å². The maximum Gasteiger partial charge on any atom is 0.295 e. The molecule has 0 amide bonds. The van der Waals surface area contributed by atoms with E-state index >= 15 is 0 Å². The molecule has 7 nitrogen and oxygen atoms in total. The van der Waals surface area contributed by atoms with Gasteiger partial charge in [0.05, 0.1) is 16.3 Å². The summed E-state index contributed by atoms with van der Waals surface area (Å²) in [6, 6.07) is 16.6. The lowest BCUT2D eigenvalue weighted by molar-refractivity contribution is 0.484. The van der Waals surface area contributed by atoms with Gasteiger partial charge in [-0.1, -0.05) is 47.5 Å². The lowest BCUT2D eigenvalue weighted by atomic mass is 10.2. The molecule has 4 aromatic rings. The first-order chi connectivity index (χ1) is 15.0. The van der Waals surface area contributed by atoms with Crippen LogP contribution in [0.1, 0.15) is 5.56 Å². The molecule has 0 bridgehead atoms. The highest BCUT2D eigenvalue weighted by molar-refractivity contribution is 7.93. The summed E-state index contributed by atoms with van der Waals surface area (Å²) in [5.74, 6) is 0. The number of furan rings is 1. The largest absolute Gasteiger partial charge is 0.443 e. The number of fused-ring (bicyclic) bond motifs is 1. The van der Waals surface area contributed by atoms with Crippen molar-refractivity contribution in [2.24, 2.45) is 0 Å². The highest BCUT2D eigenvalue weighted by Crippen LogP contribution is 2.32. The summed E-state index contributed by atoms with van der Waals surface area (Å²) in [5.41, 5.74) is 1.03. The maximum absolute atomic E-state index is 12.9.